The summed E-state index contributed by atoms with van der Waals surface area (Å²) in [5, 5.41) is 3.46. The Morgan fingerprint density at radius 1 is 1.38 bits per heavy atom. The molecule has 2 unspecified atom stereocenters. The summed E-state index contributed by atoms with van der Waals surface area (Å²) < 4.78 is 19.5. The molecule has 0 aromatic heterocycles. The standard InChI is InChI=1S/C18H24ClFN2O2/c19-16-6-1-7-17(20)15(16)12-22-8-2-4-13(11-22)18(23)21-10-14-5-3-9-24-14/h1,6-7,13-14H,2-5,8-12H2,(H,21,23). The smallest absolute Gasteiger partial charge is 0.224 e. The number of carbonyl (C=O) groups is 1. The molecule has 2 heterocycles. The third kappa shape index (κ3) is 4.47. The van der Waals surface area contributed by atoms with Crippen molar-refractivity contribution >= 4 is 17.5 Å². The molecule has 2 aliphatic rings. The summed E-state index contributed by atoms with van der Waals surface area (Å²) in [4.78, 5) is 14.5. The largest absolute Gasteiger partial charge is 0.376 e. The van der Waals surface area contributed by atoms with Crippen molar-refractivity contribution in [1.82, 2.24) is 10.2 Å². The van der Waals surface area contributed by atoms with Crippen LogP contribution in [-0.4, -0.2) is 43.2 Å². The summed E-state index contributed by atoms with van der Waals surface area (Å²) in [6.45, 7) is 3.33. The number of nitrogens with one attached hydrogen (secondary N) is 1. The van der Waals surface area contributed by atoms with Crippen LogP contribution in [0, 0.1) is 11.7 Å². The number of carbonyl (C=O) groups excluding carboxylic acids is 1. The molecule has 6 heteroatoms. The maximum Gasteiger partial charge on any atom is 0.224 e. The first-order valence-electron chi connectivity index (χ1n) is 8.68. The third-order valence-electron chi connectivity index (χ3n) is 4.85. The van der Waals surface area contributed by atoms with Crippen LogP contribution in [0.4, 0.5) is 4.39 Å². The van der Waals surface area contributed by atoms with Gasteiger partial charge < -0.3 is 10.1 Å². The minimum atomic E-state index is -0.285. The van der Waals surface area contributed by atoms with E-state index in [-0.39, 0.29) is 23.7 Å². The molecule has 2 atom stereocenters. The fourth-order valence-corrected chi connectivity index (χ4v) is 3.71. The van der Waals surface area contributed by atoms with Crippen molar-refractivity contribution in [2.24, 2.45) is 5.92 Å². The number of hydrogen-bond acceptors (Lipinski definition) is 3. The fourth-order valence-electron chi connectivity index (χ4n) is 3.48. The van der Waals surface area contributed by atoms with Gasteiger partial charge in [-0.25, -0.2) is 4.39 Å². The molecular formula is C18H24ClFN2O2. The van der Waals surface area contributed by atoms with E-state index in [1.807, 2.05) is 0 Å². The monoisotopic (exact) mass is 354 g/mol. The van der Waals surface area contributed by atoms with Crippen molar-refractivity contribution in [1.29, 1.82) is 0 Å². The van der Waals surface area contributed by atoms with Gasteiger partial charge in [-0.15, -0.1) is 0 Å². The normalized spacial score (nSPS) is 24.9. The SMILES string of the molecule is O=C(NCC1CCCO1)C1CCCN(Cc2c(F)cccc2Cl)C1. The molecule has 4 nitrogen and oxygen atoms in total. The van der Waals surface area contributed by atoms with Gasteiger partial charge in [-0.05, 0) is 44.4 Å². The predicted molar refractivity (Wildman–Crippen MR) is 91.4 cm³/mol. The lowest BCUT2D eigenvalue weighted by Crippen LogP contribution is -2.44. The molecule has 24 heavy (non-hydrogen) atoms. The van der Waals surface area contributed by atoms with Crippen LogP contribution in [0.25, 0.3) is 0 Å². The van der Waals surface area contributed by atoms with E-state index in [9.17, 15) is 9.18 Å². The van der Waals surface area contributed by atoms with E-state index >= 15 is 0 Å². The van der Waals surface area contributed by atoms with Gasteiger partial charge in [0.25, 0.3) is 0 Å². The first-order chi connectivity index (χ1) is 11.6. The third-order valence-corrected chi connectivity index (χ3v) is 5.20. The van der Waals surface area contributed by atoms with Crippen LogP contribution in [0.15, 0.2) is 18.2 Å². The number of hydrogen-bond donors (Lipinski definition) is 1. The van der Waals surface area contributed by atoms with Crippen molar-refractivity contribution in [3.8, 4) is 0 Å². The van der Waals surface area contributed by atoms with E-state index in [1.54, 1.807) is 12.1 Å². The molecule has 132 valence electrons. The number of amides is 1. The molecular weight excluding hydrogens is 331 g/mol. The summed E-state index contributed by atoms with van der Waals surface area (Å²) in [7, 11) is 0. The number of likely N-dealkylation sites (tertiary alicyclic amines) is 1. The van der Waals surface area contributed by atoms with Crippen LogP contribution in [0.3, 0.4) is 0 Å². The second-order valence-corrected chi connectivity index (χ2v) is 7.06. The van der Waals surface area contributed by atoms with E-state index in [2.05, 4.69) is 10.2 Å². The minimum Gasteiger partial charge on any atom is -0.376 e. The fraction of sp³-hybridized carbons (Fsp3) is 0.611. The van der Waals surface area contributed by atoms with Gasteiger partial charge in [-0.2, -0.15) is 0 Å². The zero-order valence-corrected chi connectivity index (χ0v) is 14.5. The number of benzene rings is 1. The Morgan fingerprint density at radius 2 is 2.25 bits per heavy atom. The summed E-state index contributed by atoms with van der Waals surface area (Å²) >= 11 is 6.11. The van der Waals surface area contributed by atoms with Crippen molar-refractivity contribution in [3.05, 3.63) is 34.6 Å². The van der Waals surface area contributed by atoms with E-state index in [1.165, 1.54) is 6.07 Å². The lowest BCUT2D eigenvalue weighted by Gasteiger charge is -2.32. The second kappa shape index (κ2) is 8.28. The van der Waals surface area contributed by atoms with Crippen LogP contribution in [0.1, 0.15) is 31.2 Å². The van der Waals surface area contributed by atoms with Gasteiger partial charge in [0.1, 0.15) is 5.82 Å². The lowest BCUT2D eigenvalue weighted by molar-refractivity contribution is -0.127. The van der Waals surface area contributed by atoms with Crippen molar-refractivity contribution in [2.75, 3.05) is 26.2 Å². The molecule has 1 aromatic carbocycles. The highest BCUT2D eigenvalue weighted by atomic mass is 35.5. The van der Waals surface area contributed by atoms with Crippen molar-refractivity contribution in [3.63, 3.8) is 0 Å². The van der Waals surface area contributed by atoms with Crippen molar-refractivity contribution < 1.29 is 13.9 Å². The maximum atomic E-state index is 14.0. The minimum absolute atomic E-state index is 0.0503. The Balaban J connectivity index is 1.52. The molecule has 1 aromatic rings. The van der Waals surface area contributed by atoms with Crippen LogP contribution in [0.5, 0.6) is 0 Å². The van der Waals surface area contributed by atoms with Crippen LogP contribution < -0.4 is 5.32 Å². The average molecular weight is 355 g/mol. The lowest BCUT2D eigenvalue weighted by atomic mass is 9.96. The molecule has 0 saturated carbocycles. The van der Waals surface area contributed by atoms with Gasteiger partial charge >= 0.3 is 0 Å². The number of halogens is 2. The van der Waals surface area contributed by atoms with Gasteiger partial charge in [0, 0.05) is 36.8 Å². The Labute approximate surface area is 147 Å². The summed E-state index contributed by atoms with van der Waals surface area (Å²) in [5.41, 5.74) is 0.514. The van der Waals surface area contributed by atoms with Gasteiger partial charge in [0.2, 0.25) is 5.91 Å². The Morgan fingerprint density at radius 3 is 3.00 bits per heavy atom. The van der Waals surface area contributed by atoms with Gasteiger partial charge in [0.05, 0.1) is 12.0 Å². The molecule has 2 aliphatic heterocycles. The molecule has 0 bridgehead atoms. The molecule has 1 N–H and O–H groups in total. The van der Waals surface area contributed by atoms with Crippen LogP contribution >= 0.6 is 11.6 Å². The molecule has 2 saturated heterocycles. The first-order valence-corrected chi connectivity index (χ1v) is 9.06. The second-order valence-electron chi connectivity index (χ2n) is 6.65. The molecule has 0 spiro atoms. The topological polar surface area (TPSA) is 41.6 Å². The highest BCUT2D eigenvalue weighted by Gasteiger charge is 2.27. The van der Waals surface area contributed by atoms with Gasteiger partial charge in [-0.1, -0.05) is 17.7 Å². The molecule has 1 amide bonds. The first kappa shape index (κ1) is 17.6. The molecule has 2 fully saturated rings. The zero-order valence-electron chi connectivity index (χ0n) is 13.8. The Hall–Kier alpha value is -1.17. The van der Waals surface area contributed by atoms with E-state index < -0.39 is 0 Å². The quantitative estimate of drug-likeness (QED) is 0.883. The molecule has 0 radical (unpaired) electrons. The van der Waals surface area contributed by atoms with Gasteiger partial charge in [0.15, 0.2) is 0 Å². The number of rotatable bonds is 5. The number of nitrogens with zero attached hydrogens (tertiary/aromatic N) is 1. The van der Waals surface area contributed by atoms with E-state index in [0.717, 1.165) is 38.8 Å². The average Bonchev–Trinajstić information content (AvgIpc) is 3.10. The van der Waals surface area contributed by atoms with E-state index in [4.69, 9.17) is 16.3 Å². The van der Waals surface area contributed by atoms with Gasteiger partial charge in [-0.3, -0.25) is 9.69 Å². The highest BCUT2D eigenvalue weighted by Crippen LogP contribution is 2.24. The van der Waals surface area contributed by atoms with Crippen LogP contribution in [0.2, 0.25) is 5.02 Å². The predicted octanol–water partition coefficient (Wildman–Crippen LogP) is 2.99. The number of piperidine rings is 1. The molecule has 0 aliphatic carbocycles. The summed E-state index contributed by atoms with van der Waals surface area (Å²) in [5.74, 6) is -0.256. The Bertz CT molecular complexity index is 558. The maximum absolute atomic E-state index is 14.0. The molecule has 3 rings (SSSR count). The highest BCUT2D eigenvalue weighted by molar-refractivity contribution is 6.31. The number of ether oxygens (including phenoxy) is 1. The van der Waals surface area contributed by atoms with Crippen LogP contribution in [-0.2, 0) is 16.1 Å². The summed E-state index contributed by atoms with van der Waals surface area (Å²) in [6.07, 6.45) is 4.05. The van der Waals surface area contributed by atoms with Crippen molar-refractivity contribution in [2.45, 2.75) is 38.3 Å². The Kier molecular flexibility index (Phi) is 6.09. The summed E-state index contributed by atoms with van der Waals surface area (Å²) in [6, 6.07) is 4.74. The zero-order chi connectivity index (χ0) is 16.9. The van der Waals surface area contributed by atoms with E-state index in [0.29, 0.717) is 30.2 Å².